The van der Waals surface area contributed by atoms with Gasteiger partial charge in [0.1, 0.15) is 0 Å². The van der Waals surface area contributed by atoms with Crippen LogP contribution in [-0.2, 0) is 4.79 Å². The topological polar surface area (TPSA) is 75.2 Å². The number of nitrogens with one attached hydrogen (secondary N) is 1. The minimum atomic E-state index is -0.113. The second-order valence-corrected chi connectivity index (χ2v) is 7.03. The molecule has 1 atom stereocenters. The van der Waals surface area contributed by atoms with Gasteiger partial charge >= 0.3 is 0 Å². The molecule has 2 fully saturated rings. The fraction of sp³-hybridized carbons (Fsp3) is 0.400. The molecule has 0 unspecified atom stereocenters. The number of aromatic nitrogens is 2. The third kappa shape index (κ3) is 3.74. The molecule has 6 heteroatoms. The maximum atomic E-state index is 12.8. The summed E-state index contributed by atoms with van der Waals surface area (Å²) in [6, 6.07) is 10.0. The van der Waals surface area contributed by atoms with Crippen molar-refractivity contribution in [2.45, 2.75) is 31.7 Å². The van der Waals surface area contributed by atoms with Crippen LogP contribution in [0.4, 0.5) is 0 Å². The molecule has 0 bridgehead atoms. The van der Waals surface area contributed by atoms with Gasteiger partial charge < -0.3 is 10.2 Å². The van der Waals surface area contributed by atoms with E-state index in [0.29, 0.717) is 30.5 Å². The van der Waals surface area contributed by atoms with E-state index in [9.17, 15) is 9.59 Å². The quantitative estimate of drug-likeness (QED) is 0.918. The highest BCUT2D eigenvalue weighted by Crippen LogP contribution is 2.23. The molecule has 1 aromatic heterocycles. The van der Waals surface area contributed by atoms with Crippen LogP contribution in [0.25, 0.3) is 11.4 Å². The Morgan fingerprint density at radius 1 is 1.04 bits per heavy atom. The summed E-state index contributed by atoms with van der Waals surface area (Å²) in [5.74, 6) is 0.467. The monoisotopic (exact) mass is 350 g/mol. The number of carbonyl (C=O) groups is 2. The van der Waals surface area contributed by atoms with Crippen molar-refractivity contribution in [2.24, 2.45) is 5.92 Å². The van der Waals surface area contributed by atoms with Crippen LogP contribution < -0.4 is 5.32 Å². The van der Waals surface area contributed by atoms with Crippen molar-refractivity contribution in [2.75, 3.05) is 13.1 Å². The summed E-state index contributed by atoms with van der Waals surface area (Å²) >= 11 is 0. The normalized spacial score (nSPS) is 19.8. The summed E-state index contributed by atoms with van der Waals surface area (Å²) in [5, 5.41) is 3.05. The van der Waals surface area contributed by atoms with Crippen molar-refractivity contribution < 1.29 is 9.59 Å². The van der Waals surface area contributed by atoms with Gasteiger partial charge in [-0.2, -0.15) is 0 Å². The van der Waals surface area contributed by atoms with Crippen LogP contribution in [0.3, 0.4) is 0 Å². The lowest BCUT2D eigenvalue weighted by Gasteiger charge is -2.32. The Morgan fingerprint density at radius 3 is 2.46 bits per heavy atom. The summed E-state index contributed by atoms with van der Waals surface area (Å²) in [6.45, 7) is 1.14. The molecule has 0 radical (unpaired) electrons. The van der Waals surface area contributed by atoms with Crippen molar-refractivity contribution in [3.05, 3.63) is 48.3 Å². The first-order valence-electron chi connectivity index (χ1n) is 9.18. The lowest BCUT2D eigenvalue weighted by atomic mass is 9.96. The third-order valence-electron chi connectivity index (χ3n) is 4.93. The summed E-state index contributed by atoms with van der Waals surface area (Å²) in [6.07, 6.45) is 6.98. The minimum Gasteiger partial charge on any atom is -0.353 e. The Bertz CT molecular complexity index is 787. The van der Waals surface area contributed by atoms with E-state index in [1.165, 1.54) is 0 Å². The highest BCUT2D eigenvalue weighted by atomic mass is 16.2. The van der Waals surface area contributed by atoms with E-state index in [4.69, 9.17) is 0 Å². The van der Waals surface area contributed by atoms with Gasteiger partial charge in [0, 0.05) is 37.1 Å². The minimum absolute atomic E-state index is 0.0840. The van der Waals surface area contributed by atoms with Gasteiger partial charge in [-0.25, -0.2) is 9.97 Å². The van der Waals surface area contributed by atoms with E-state index < -0.39 is 0 Å². The van der Waals surface area contributed by atoms with Crippen molar-refractivity contribution >= 4 is 11.8 Å². The number of nitrogens with zero attached hydrogens (tertiary/aromatic N) is 3. The predicted molar refractivity (Wildman–Crippen MR) is 97.3 cm³/mol. The lowest BCUT2D eigenvalue weighted by molar-refractivity contribution is -0.126. The third-order valence-corrected chi connectivity index (χ3v) is 4.93. The fourth-order valence-corrected chi connectivity index (χ4v) is 3.28. The SMILES string of the molecule is O=C(NC1CC1)[C@@H]1CCCN(C(=O)c2cnc(-c3ccccc3)nc2)C1. The van der Waals surface area contributed by atoms with Gasteiger partial charge in [-0.3, -0.25) is 9.59 Å². The molecule has 2 aliphatic rings. The zero-order valence-electron chi connectivity index (χ0n) is 14.6. The molecule has 6 nitrogen and oxygen atoms in total. The highest BCUT2D eigenvalue weighted by molar-refractivity contribution is 5.94. The van der Waals surface area contributed by atoms with Crippen molar-refractivity contribution in [3.8, 4) is 11.4 Å². The number of hydrogen-bond acceptors (Lipinski definition) is 4. The van der Waals surface area contributed by atoms with Crippen molar-refractivity contribution in [1.82, 2.24) is 20.2 Å². The molecule has 0 spiro atoms. The second kappa shape index (κ2) is 7.23. The van der Waals surface area contributed by atoms with Crippen LogP contribution in [0.5, 0.6) is 0 Å². The van der Waals surface area contributed by atoms with Crippen LogP contribution >= 0.6 is 0 Å². The molecule has 1 aliphatic heterocycles. The van der Waals surface area contributed by atoms with Gasteiger partial charge in [0.2, 0.25) is 5.91 Å². The molecule has 2 heterocycles. The summed E-state index contributed by atoms with van der Waals surface area (Å²) in [5.41, 5.74) is 1.38. The average molecular weight is 350 g/mol. The molecule has 1 saturated heterocycles. The van der Waals surface area contributed by atoms with Crippen LogP contribution in [-0.4, -0.2) is 45.8 Å². The first-order valence-corrected chi connectivity index (χ1v) is 9.18. The number of piperidine rings is 1. The number of benzene rings is 1. The first-order chi connectivity index (χ1) is 12.7. The largest absolute Gasteiger partial charge is 0.353 e. The van der Waals surface area contributed by atoms with Gasteiger partial charge in [-0.05, 0) is 25.7 Å². The van der Waals surface area contributed by atoms with E-state index in [0.717, 1.165) is 31.2 Å². The Hall–Kier alpha value is -2.76. The number of carbonyl (C=O) groups excluding carboxylic acids is 2. The van der Waals surface area contributed by atoms with Gasteiger partial charge in [0.15, 0.2) is 5.82 Å². The molecule has 1 N–H and O–H groups in total. The van der Waals surface area contributed by atoms with E-state index in [1.54, 1.807) is 17.3 Å². The van der Waals surface area contributed by atoms with E-state index in [1.807, 2.05) is 30.3 Å². The van der Waals surface area contributed by atoms with Gasteiger partial charge in [0.05, 0.1) is 11.5 Å². The molecule has 1 saturated carbocycles. The Balaban J connectivity index is 1.42. The van der Waals surface area contributed by atoms with Crippen LogP contribution in [0.1, 0.15) is 36.0 Å². The molecule has 1 aliphatic carbocycles. The molecule has 2 aromatic rings. The van der Waals surface area contributed by atoms with Crippen molar-refractivity contribution in [1.29, 1.82) is 0 Å². The van der Waals surface area contributed by atoms with Gasteiger partial charge in [-0.15, -0.1) is 0 Å². The molecular formula is C20H22N4O2. The standard InChI is InChI=1S/C20H22N4O2/c25-19(23-17-8-9-17)15-7-4-10-24(13-15)20(26)16-11-21-18(22-12-16)14-5-2-1-3-6-14/h1-3,5-6,11-12,15,17H,4,7-10,13H2,(H,23,25)/t15-/m1/s1. The lowest BCUT2D eigenvalue weighted by Crippen LogP contribution is -2.45. The predicted octanol–water partition coefficient (Wildman–Crippen LogP) is 2.27. The number of rotatable bonds is 4. The zero-order valence-corrected chi connectivity index (χ0v) is 14.6. The number of amides is 2. The smallest absolute Gasteiger partial charge is 0.257 e. The number of hydrogen-bond donors (Lipinski definition) is 1. The zero-order chi connectivity index (χ0) is 17.9. The highest BCUT2D eigenvalue weighted by Gasteiger charge is 2.32. The molecular weight excluding hydrogens is 328 g/mol. The Morgan fingerprint density at radius 2 is 1.77 bits per heavy atom. The molecule has 2 amide bonds. The average Bonchev–Trinajstić information content (AvgIpc) is 3.52. The molecule has 26 heavy (non-hydrogen) atoms. The summed E-state index contributed by atoms with van der Waals surface area (Å²) in [4.78, 5) is 35.5. The summed E-state index contributed by atoms with van der Waals surface area (Å²) < 4.78 is 0. The van der Waals surface area contributed by atoms with Crippen LogP contribution in [0.2, 0.25) is 0 Å². The van der Waals surface area contributed by atoms with Crippen LogP contribution in [0.15, 0.2) is 42.7 Å². The Labute approximate surface area is 152 Å². The van der Waals surface area contributed by atoms with Gasteiger partial charge in [0.25, 0.3) is 5.91 Å². The molecule has 1 aromatic carbocycles. The van der Waals surface area contributed by atoms with Crippen molar-refractivity contribution in [3.63, 3.8) is 0 Å². The molecule has 4 rings (SSSR count). The fourth-order valence-electron chi connectivity index (χ4n) is 3.28. The van der Waals surface area contributed by atoms with Gasteiger partial charge in [-0.1, -0.05) is 30.3 Å². The summed E-state index contributed by atoms with van der Waals surface area (Å²) in [7, 11) is 0. The van der Waals surface area contributed by atoms with Crippen LogP contribution in [0, 0.1) is 5.92 Å². The maximum absolute atomic E-state index is 12.8. The number of likely N-dealkylation sites (tertiary alicyclic amines) is 1. The maximum Gasteiger partial charge on any atom is 0.257 e. The Kier molecular flexibility index (Phi) is 4.65. The van der Waals surface area contributed by atoms with E-state index >= 15 is 0 Å². The van der Waals surface area contributed by atoms with E-state index in [-0.39, 0.29) is 17.7 Å². The first kappa shape index (κ1) is 16.7. The second-order valence-electron chi connectivity index (χ2n) is 7.03. The van der Waals surface area contributed by atoms with E-state index in [2.05, 4.69) is 15.3 Å². The molecule has 134 valence electrons.